The minimum absolute atomic E-state index is 0.0666. The van der Waals surface area contributed by atoms with Gasteiger partial charge in [-0.1, -0.05) is 13.3 Å². The molecule has 7 nitrogen and oxygen atoms in total. The van der Waals surface area contributed by atoms with Crippen LogP contribution in [-0.4, -0.2) is 52.2 Å². The van der Waals surface area contributed by atoms with Crippen LogP contribution in [0.2, 0.25) is 0 Å². The van der Waals surface area contributed by atoms with Gasteiger partial charge in [-0.05, 0) is 18.6 Å². The van der Waals surface area contributed by atoms with Gasteiger partial charge in [-0.2, -0.15) is 0 Å². The van der Waals surface area contributed by atoms with Gasteiger partial charge in [0.1, 0.15) is 11.5 Å². The zero-order valence-electron chi connectivity index (χ0n) is 14.7. The number of ether oxygens (including phenoxy) is 2. The summed E-state index contributed by atoms with van der Waals surface area (Å²) in [6, 6.07) is 5.07. The molecule has 0 aromatic heterocycles. The average molecular weight is 358 g/mol. The van der Waals surface area contributed by atoms with Crippen LogP contribution in [0.15, 0.2) is 18.2 Å². The van der Waals surface area contributed by atoms with Gasteiger partial charge in [-0.25, -0.2) is 12.7 Å². The summed E-state index contributed by atoms with van der Waals surface area (Å²) in [5, 5.41) is 2.73. The molecule has 0 bridgehead atoms. The zero-order valence-corrected chi connectivity index (χ0v) is 15.5. The van der Waals surface area contributed by atoms with E-state index in [4.69, 9.17) is 9.47 Å². The summed E-state index contributed by atoms with van der Waals surface area (Å²) >= 11 is 0. The van der Waals surface area contributed by atoms with Crippen molar-refractivity contribution >= 4 is 21.6 Å². The molecule has 0 aliphatic carbocycles. The van der Waals surface area contributed by atoms with Crippen molar-refractivity contribution in [3.05, 3.63) is 18.2 Å². The molecule has 24 heavy (non-hydrogen) atoms. The van der Waals surface area contributed by atoms with Crippen molar-refractivity contribution in [3.8, 4) is 11.5 Å². The monoisotopic (exact) mass is 358 g/mol. The molecule has 0 saturated carbocycles. The van der Waals surface area contributed by atoms with Crippen molar-refractivity contribution < 1.29 is 22.7 Å². The SMILES string of the molecule is CCCCN(CCC(=O)Nc1cc(OC)ccc1OC)S(C)(=O)=O. The molecule has 1 rings (SSSR count). The highest BCUT2D eigenvalue weighted by Gasteiger charge is 2.18. The summed E-state index contributed by atoms with van der Waals surface area (Å²) in [6.07, 6.45) is 2.88. The number of nitrogens with one attached hydrogen (secondary N) is 1. The molecule has 0 atom stereocenters. The number of benzene rings is 1. The van der Waals surface area contributed by atoms with Crippen molar-refractivity contribution in [1.29, 1.82) is 0 Å². The van der Waals surface area contributed by atoms with Crippen molar-refractivity contribution in [1.82, 2.24) is 4.31 Å². The van der Waals surface area contributed by atoms with Gasteiger partial charge in [0.25, 0.3) is 0 Å². The van der Waals surface area contributed by atoms with Crippen LogP contribution >= 0.6 is 0 Å². The Labute approximate surface area is 144 Å². The van der Waals surface area contributed by atoms with E-state index in [-0.39, 0.29) is 18.9 Å². The van der Waals surface area contributed by atoms with E-state index >= 15 is 0 Å². The van der Waals surface area contributed by atoms with Crippen molar-refractivity contribution in [2.24, 2.45) is 0 Å². The van der Waals surface area contributed by atoms with E-state index in [9.17, 15) is 13.2 Å². The number of amides is 1. The molecule has 0 unspecified atom stereocenters. The zero-order chi connectivity index (χ0) is 18.2. The van der Waals surface area contributed by atoms with Gasteiger partial charge in [-0.3, -0.25) is 4.79 Å². The molecule has 0 saturated heterocycles. The van der Waals surface area contributed by atoms with Crippen LogP contribution in [0, 0.1) is 0 Å². The second-order valence-corrected chi connectivity index (χ2v) is 7.36. The van der Waals surface area contributed by atoms with Gasteiger partial charge in [0.05, 0.1) is 26.2 Å². The summed E-state index contributed by atoms with van der Waals surface area (Å²) < 4.78 is 35.2. The van der Waals surface area contributed by atoms with Gasteiger partial charge in [0.15, 0.2) is 0 Å². The van der Waals surface area contributed by atoms with Crippen LogP contribution in [0.5, 0.6) is 11.5 Å². The Kier molecular flexibility index (Phi) is 8.00. The number of hydrogen-bond donors (Lipinski definition) is 1. The van der Waals surface area contributed by atoms with E-state index in [2.05, 4.69) is 5.32 Å². The standard InChI is InChI=1S/C16H26N2O5S/c1-5-6-10-18(24(4,20)21)11-9-16(19)17-14-12-13(22-2)7-8-15(14)23-3/h7-8,12H,5-6,9-11H2,1-4H3,(H,17,19). The molecule has 1 aromatic rings. The van der Waals surface area contributed by atoms with Crippen LogP contribution in [0.4, 0.5) is 5.69 Å². The first-order chi connectivity index (χ1) is 11.3. The van der Waals surface area contributed by atoms with Gasteiger partial charge < -0.3 is 14.8 Å². The number of nitrogens with zero attached hydrogens (tertiary/aromatic N) is 1. The number of unbranched alkanes of at least 4 members (excludes halogenated alkanes) is 1. The predicted molar refractivity (Wildman–Crippen MR) is 94.1 cm³/mol. The van der Waals surface area contributed by atoms with Crippen molar-refractivity contribution in [2.45, 2.75) is 26.2 Å². The highest BCUT2D eigenvalue weighted by atomic mass is 32.2. The second kappa shape index (κ2) is 9.48. The fourth-order valence-corrected chi connectivity index (χ4v) is 3.01. The molecule has 1 N–H and O–H groups in total. The summed E-state index contributed by atoms with van der Waals surface area (Å²) in [6.45, 7) is 2.56. The first kappa shape index (κ1) is 20.2. The first-order valence-corrected chi connectivity index (χ1v) is 9.63. The predicted octanol–water partition coefficient (Wildman–Crippen LogP) is 2.09. The van der Waals surface area contributed by atoms with E-state index in [1.54, 1.807) is 18.2 Å². The van der Waals surface area contributed by atoms with E-state index in [0.29, 0.717) is 23.7 Å². The minimum atomic E-state index is -3.32. The Hall–Kier alpha value is -1.80. The van der Waals surface area contributed by atoms with Crippen molar-refractivity contribution in [3.63, 3.8) is 0 Å². The number of rotatable bonds is 10. The molecule has 1 amide bonds. The van der Waals surface area contributed by atoms with Crippen molar-refractivity contribution in [2.75, 3.05) is 38.9 Å². The number of hydrogen-bond acceptors (Lipinski definition) is 5. The van der Waals surface area contributed by atoms with Gasteiger partial charge in [-0.15, -0.1) is 0 Å². The maximum absolute atomic E-state index is 12.2. The second-order valence-electron chi connectivity index (χ2n) is 5.38. The summed E-state index contributed by atoms with van der Waals surface area (Å²) in [4.78, 5) is 12.2. The molecule has 136 valence electrons. The third-order valence-electron chi connectivity index (χ3n) is 3.50. The maximum atomic E-state index is 12.2. The van der Waals surface area contributed by atoms with E-state index < -0.39 is 10.0 Å². The number of sulfonamides is 1. The van der Waals surface area contributed by atoms with Crippen LogP contribution < -0.4 is 14.8 Å². The van der Waals surface area contributed by atoms with Crippen LogP contribution in [-0.2, 0) is 14.8 Å². The molecule has 0 aliphatic rings. The topological polar surface area (TPSA) is 84.9 Å². The van der Waals surface area contributed by atoms with Gasteiger partial charge in [0, 0.05) is 25.6 Å². The van der Waals surface area contributed by atoms with E-state index in [1.165, 1.54) is 18.5 Å². The largest absolute Gasteiger partial charge is 0.497 e. The third kappa shape index (κ3) is 6.37. The average Bonchev–Trinajstić information content (AvgIpc) is 2.53. The lowest BCUT2D eigenvalue weighted by Crippen LogP contribution is -2.33. The Balaban J connectivity index is 2.71. The third-order valence-corrected chi connectivity index (χ3v) is 4.80. The normalized spacial score (nSPS) is 11.4. The molecule has 1 aromatic carbocycles. The molecule has 0 heterocycles. The molecule has 0 aliphatic heterocycles. The fourth-order valence-electron chi connectivity index (χ4n) is 2.13. The van der Waals surface area contributed by atoms with Crippen LogP contribution in [0.1, 0.15) is 26.2 Å². The smallest absolute Gasteiger partial charge is 0.225 e. The Morgan fingerprint density at radius 3 is 2.46 bits per heavy atom. The quantitative estimate of drug-likeness (QED) is 0.692. The fraction of sp³-hybridized carbons (Fsp3) is 0.562. The lowest BCUT2D eigenvalue weighted by molar-refractivity contribution is -0.116. The summed E-state index contributed by atoms with van der Waals surface area (Å²) in [5.74, 6) is 0.814. The molecule has 0 fully saturated rings. The van der Waals surface area contributed by atoms with Crippen LogP contribution in [0.25, 0.3) is 0 Å². The Morgan fingerprint density at radius 2 is 1.92 bits per heavy atom. The number of methoxy groups -OCH3 is 2. The number of carbonyl (C=O) groups excluding carboxylic acids is 1. The highest BCUT2D eigenvalue weighted by Crippen LogP contribution is 2.28. The summed E-state index contributed by atoms with van der Waals surface area (Å²) in [5.41, 5.74) is 0.487. The molecule has 0 spiro atoms. The maximum Gasteiger partial charge on any atom is 0.225 e. The lowest BCUT2D eigenvalue weighted by Gasteiger charge is -2.19. The van der Waals surface area contributed by atoms with Gasteiger partial charge >= 0.3 is 0 Å². The lowest BCUT2D eigenvalue weighted by atomic mass is 10.2. The van der Waals surface area contributed by atoms with Crippen LogP contribution in [0.3, 0.4) is 0 Å². The minimum Gasteiger partial charge on any atom is -0.497 e. The molecule has 0 radical (unpaired) electrons. The molecular weight excluding hydrogens is 332 g/mol. The molecule has 8 heteroatoms. The number of carbonyl (C=O) groups is 1. The highest BCUT2D eigenvalue weighted by molar-refractivity contribution is 7.88. The molecular formula is C16H26N2O5S. The summed E-state index contributed by atoms with van der Waals surface area (Å²) in [7, 11) is -0.280. The van der Waals surface area contributed by atoms with Gasteiger partial charge in [0.2, 0.25) is 15.9 Å². The number of anilines is 1. The van der Waals surface area contributed by atoms with E-state index in [0.717, 1.165) is 19.1 Å². The van der Waals surface area contributed by atoms with E-state index in [1.807, 2.05) is 6.92 Å². The Bertz CT molecular complexity index is 646. The Morgan fingerprint density at radius 1 is 1.21 bits per heavy atom. The first-order valence-electron chi connectivity index (χ1n) is 7.78.